The van der Waals surface area contributed by atoms with Crippen LogP contribution in [0.3, 0.4) is 0 Å². The molecule has 0 aliphatic rings. The van der Waals surface area contributed by atoms with Crippen molar-refractivity contribution in [3.63, 3.8) is 0 Å². The zero-order valence-electron chi connectivity index (χ0n) is 24.3. The summed E-state index contributed by atoms with van der Waals surface area (Å²) in [4.78, 5) is 0. The van der Waals surface area contributed by atoms with Gasteiger partial charge in [-0.15, -0.1) is 0 Å². The van der Waals surface area contributed by atoms with Crippen LogP contribution < -0.4 is 4.74 Å². The molecular formula is C34H43NO3. The van der Waals surface area contributed by atoms with E-state index >= 15 is 0 Å². The number of nitrogens with zero attached hydrogens (tertiary/aromatic N) is 1. The van der Waals surface area contributed by atoms with Crippen LogP contribution in [0.4, 0.5) is 0 Å². The van der Waals surface area contributed by atoms with Crippen LogP contribution in [0.15, 0.2) is 85.2 Å². The highest BCUT2D eigenvalue weighted by molar-refractivity contribution is 5.57. The molecule has 202 valence electrons. The quantitative estimate of drug-likeness (QED) is 0.287. The molecule has 0 amide bonds. The normalized spacial score (nSPS) is 12.0. The van der Waals surface area contributed by atoms with Crippen molar-refractivity contribution in [3.8, 4) is 28.7 Å². The lowest BCUT2D eigenvalue weighted by atomic mass is 9.85. The van der Waals surface area contributed by atoms with E-state index in [1.54, 1.807) is 18.2 Å². The minimum atomic E-state index is -0.132. The molecule has 0 unspecified atom stereocenters. The summed E-state index contributed by atoms with van der Waals surface area (Å²) in [5.74, 6) is 2.00. The summed E-state index contributed by atoms with van der Waals surface area (Å²) >= 11 is 0. The van der Waals surface area contributed by atoms with E-state index in [1.807, 2.05) is 59.4 Å². The van der Waals surface area contributed by atoms with Gasteiger partial charge in [0.05, 0.1) is 5.69 Å². The second-order valence-corrected chi connectivity index (χ2v) is 12.9. The number of hydrogen-bond donors (Lipinski definition) is 2. The van der Waals surface area contributed by atoms with Crippen molar-refractivity contribution in [2.75, 3.05) is 0 Å². The summed E-state index contributed by atoms with van der Waals surface area (Å²) in [5.41, 5.74) is 4.21. The molecule has 0 bridgehead atoms. The highest BCUT2D eigenvalue weighted by Crippen LogP contribution is 2.40. The maximum Gasteiger partial charge on any atom is 0.143 e. The Hall–Kier alpha value is -3.66. The highest BCUT2D eigenvalue weighted by Gasteiger charge is 2.23. The molecule has 0 fully saturated rings. The molecule has 0 radical (unpaired) electrons. The van der Waals surface area contributed by atoms with Gasteiger partial charge in [0.25, 0.3) is 0 Å². The van der Waals surface area contributed by atoms with E-state index in [1.165, 1.54) is 5.56 Å². The van der Waals surface area contributed by atoms with Gasteiger partial charge in [0.2, 0.25) is 0 Å². The zero-order chi connectivity index (χ0) is 28.3. The molecule has 0 spiro atoms. The first-order valence-corrected chi connectivity index (χ1v) is 13.1. The fourth-order valence-corrected chi connectivity index (χ4v) is 4.06. The van der Waals surface area contributed by atoms with E-state index in [-0.39, 0.29) is 22.0 Å². The topological polar surface area (TPSA) is 54.6 Å². The Morgan fingerprint density at radius 1 is 0.605 bits per heavy atom. The molecule has 1 heterocycles. The molecule has 4 aromatic rings. The molecule has 1 aromatic heterocycles. The Kier molecular flexibility index (Phi) is 8.36. The Morgan fingerprint density at radius 3 is 1.66 bits per heavy atom. The largest absolute Gasteiger partial charge is 0.508 e. The molecule has 0 saturated carbocycles. The van der Waals surface area contributed by atoms with E-state index in [0.29, 0.717) is 11.5 Å². The van der Waals surface area contributed by atoms with Gasteiger partial charge < -0.3 is 19.5 Å². The zero-order valence-corrected chi connectivity index (χ0v) is 24.3. The minimum Gasteiger partial charge on any atom is -0.508 e. The average molecular weight is 514 g/mol. The second-order valence-electron chi connectivity index (χ2n) is 12.9. The number of hydrogen-bond acceptors (Lipinski definition) is 3. The van der Waals surface area contributed by atoms with E-state index in [9.17, 15) is 10.2 Å². The van der Waals surface area contributed by atoms with E-state index in [0.717, 1.165) is 22.6 Å². The van der Waals surface area contributed by atoms with Gasteiger partial charge in [0.1, 0.15) is 23.0 Å². The molecule has 3 aromatic carbocycles. The minimum absolute atomic E-state index is 0.0483. The predicted molar refractivity (Wildman–Crippen MR) is 158 cm³/mol. The van der Waals surface area contributed by atoms with E-state index in [4.69, 9.17) is 4.74 Å². The standard InChI is InChI=1S/C24H29NO2.C10H14O/c1-23(2,3)17-10-9-11-18(14-17)27-22-16-21(26)20(25-12-7-8-13-25)15-19(22)24(4,5)6;1-10(2,3)8-5-4-6-9(11)7-8/h7-16,26H,1-6H3;4-7,11H,1-3H3. The Bertz CT molecular complexity index is 1350. The van der Waals surface area contributed by atoms with E-state index in [2.05, 4.69) is 74.4 Å². The fourth-order valence-electron chi connectivity index (χ4n) is 4.06. The van der Waals surface area contributed by atoms with Crippen LogP contribution in [0, 0.1) is 0 Å². The molecule has 0 aliphatic carbocycles. The third kappa shape index (κ3) is 7.44. The number of aromatic hydroxyl groups is 2. The lowest BCUT2D eigenvalue weighted by molar-refractivity contribution is 0.435. The van der Waals surface area contributed by atoms with Crippen LogP contribution in [0.5, 0.6) is 23.0 Å². The SMILES string of the molecule is CC(C)(C)c1cccc(O)c1.CC(C)(C)c1cccc(Oc2cc(O)c(-n3cccc3)cc2C(C)(C)C)c1. The summed E-state index contributed by atoms with van der Waals surface area (Å²) in [6.07, 6.45) is 3.85. The maximum absolute atomic E-state index is 10.6. The van der Waals surface area contributed by atoms with Gasteiger partial charge in [0, 0.05) is 24.0 Å². The molecule has 4 nitrogen and oxygen atoms in total. The van der Waals surface area contributed by atoms with Crippen molar-refractivity contribution in [1.82, 2.24) is 4.57 Å². The van der Waals surface area contributed by atoms with Crippen molar-refractivity contribution in [3.05, 3.63) is 102 Å². The first-order valence-electron chi connectivity index (χ1n) is 13.1. The number of phenolic OH excluding ortho intramolecular Hbond substituents is 2. The van der Waals surface area contributed by atoms with Crippen LogP contribution in [-0.2, 0) is 16.2 Å². The molecule has 2 N–H and O–H groups in total. The van der Waals surface area contributed by atoms with Gasteiger partial charge in [-0.1, -0.05) is 86.6 Å². The highest BCUT2D eigenvalue weighted by atomic mass is 16.5. The third-order valence-electron chi connectivity index (χ3n) is 6.41. The van der Waals surface area contributed by atoms with Gasteiger partial charge in [-0.3, -0.25) is 0 Å². The smallest absolute Gasteiger partial charge is 0.143 e. The van der Waals surface area contributed by atoms with Crippen molar-refractivity contribution in [2.24, 2.45) is 0 Å². The average Bonchev–Trinajstić information content (AvgIpc) is 3.32. The van der Waals surface area contributed by atoms with Crippen LogP contribution >= 0.6 is 0 Å². The van der Waals surface area contributed by atoms with E-state index < -0.39 is 0 Å². The fraction of sp³-hybridized carbons (Fsp3) is 0.353. The lowest BCUT2D eigenvalue weighted by Crippen LogP contribution is -2.14. The Morgan fingerprint density at radius 2 is 1.16 bits per heavy atom. The molecule has 0 atom stereocenters. The lowest BCUT2D eigenvalue weighted by Gasteiger charge is -2.25. The second kappa shape index (κ2) is 11.0. The number of rotatable bonds is 3. The molecule has 0 saturated heterocycles. The van der Waals surface area contributed by atoms with Crippen LogP contribution in [-0.4, -0.2) is 14.8 Å². The Labute approximate surface area is 228 Å². The molecular weight excluding hydrogens is 470 g/mol. The molecule has 4 rings (SSSR count). The van der Waals surface area contributed by atoms with Crippen LogP contribution in [0.2, 0.25) is 0 Å². The van der Waals surface area contributed by atoms with Gasteiger partial charge in [-0.25, -0.2) is 0 Å². The summed E-state index contributed by atoms with van der Waals surface area (Å²) in [6.45, 7) is 19.4. The predicted octanol–water partition coefficient (Wildman–Crippen LogP) is 9.26. The maximum atomic E-state index is 10.6. The Balaban J connectivity index is 0.000000304. The molecule has 0 aliphatic heterocycles. The first kappa shape index (κ1) is 28.9. The van der Waals surface area contributed by atoms with Gasteiger partial charge in [-0.05, 0) is 69.8 Å². The number of ether oxygens (including phenoxy) is 1. The summed E-state index contributed by atoms with van der Waals surface area (Å²) in [5, 5.41) is 19.8. The van der Waals surface area contributed by atoms with Crippen LogP contribution in [0.1, 0.15) is 79.0 Å². The third-order valence-corrected chi connectivity index (χ3v) is 6.41. The van der Waals surface area contributed by atoms with Gasteiger partial charge in [0.15, 0.2) is 0 Å². The van der Waals surface area contributed by atoms with Crippen molar-refractivity contribution >= 4 is 0 Å². The van der Waals surface area contributed by atoms with Crippen molar-refractivity contribution < 1.29 is 14.9 Å². The molecule has 38 heavy (non-hydrogen) atoms. The monoisotopic (exact) mass is 513 g/mol. The van der Waals surface area contributed by atoms with Crippen molar-refractivity contribution in [2.45, 2.75) is 78.6 Å². The summed E-state index contributed by atoms with van der Waals surface area (Å²) < 4.78 is 8.17. The van der Waals surface area contributed by atoms with Gasteiger partial charge >= 0.3 is 0 Å². The van der Waals surface area contributed by atoms with Crippen LogP contribution in [0.25, 0.3) is 5.69 Å². The van der Waals surface area contributed by atoms with Gasteiger partial charge in [-0.2, -0.15) is 0 Å². The number of phenols is 2. The summed E-state index contributed by atoms with van der Waals surface area (Å²) in [7, 11) is 0. The first-order chi connectivity index (χ1) is 17.6. The number of aromatic nitrogens is 1. The number of benzene rings is 3. The van der Waals surface area contributed by atoms with Crippen molar-refractivity contribution in [1.29, 1.82) is 0 Å². The summed E-state index contributed by atoms with van der Waals surface area (Å²) in [6, 6.07) is 23.2. The molecule has 4 heteroatoms.